The van der Waals surface area contributed by atoms with Crippen molar-refractivity contribution in [3.63, 3.8) is 0 Å². The van der Waals surface area contributed by atoms with Gasteiger partial charge in [0.2, 0.25) is 5.88 Å². The van der Waals surface area contributed by atoms with E-state index in [0.717, 1.165) is 0 Å². The number of anilines is 1. The Morgan fingerprint density at radius 1 is 1.32 bits per heavy atom. The van der Waals surface area contributed by atoms with Crippen molar-refractivity contribution in [3.8, 4) is 5.88 Å². The van der Waals surface area contributed by atoms with Gasteiger partial charge in [-0.15, -0.1) is 0 Å². The maximum Gasteiger partial charge on any atom is 0.407 e. The third-order valence-electron chi connectivity index (χ3n) is 2.03. The summed E-state index contributed by atoms with van der Waals surface area (Å²) < 4.78 is 10.1. The normalized spacial score (nSPS) is 10.7. The highest BCUT2D eigenvalue weighted by molar-refractivity contribution is 5.67. The fourth-order valence-electron chi connectivity index (χ4n) is 1.30. The minimum Gasteiger partial charge on any atom is -0.481 e. The first-order valence-corrected chi connectivity index (χ1v) is 6.12. The van der Waals surface area contributed by atoms with Gasteiger partial charge in [-0.3, -0.25) is 0 Å². The Morgan fingerprint density at radius 3 is 2.68 bits per heavy atom. The largest absolute Gasteiger partial charge is 0.481 e. The number of hydrogen-bond donors (Lipinski definition) is 2. The summed E-state index contributed by atoms with van der Waals surface area (Å²) in [6.07, 6.45) is -0.423. The molecule has 1 aromatic heterocycles. The zero-order valence-electron chi connectivity index (χ0n) is 11.8. The van der Waals surface area contributed by atoms with Gasteiger partial charge >= 0.3 is 6.09 Å². The van der Waals surface area contributed by atoms with Crippen LogP contribution in [0.3, 0.4) is 0 Å². The van der Waals surface area contributed by atoms with E-state index < -0.39 is 11.7 Å². The van der Waals surface area contributed by atoms with E-state index >= 15 is 0 Å². The van der Waals surface area contributed by atoms with Crippen molar-refractivity contribution in [3.05, 3.63) is 18.2 Å². The Labute approximate surface area is 113 Å². The summed E-state index contributed by atoms with van der Waals surface area (Å²) >= 11 is 0. The molecule has 106 valence electrons. The molecule has 1 heterocycles. The molecule has 0 saturated heterocycles. The predicted octanol–water partition coefficient (Wildman–Crippen LogP) is 2.03. The van der Waals surface area contributed by atoms with Gasteiger partial charge in [-0.25, -0.2) is 4.79 Å². The second-order valence-corrected chi connectivity index (χ2v) is 4.92. The van der Waals surface area contributed by atoms with E-state index in [4.69, 9.17) is 9.47 Å². The number of carbonyl (C=O) groups is 1. The summed E-state index contributed by atoms with van der Waals surface area (Å²) in [5, 5.41) is 5.73. The highest BCUT2D eigenvalue weighted by Gasteiger charge is 2.15. The number of aromatic nitrogens is 1. The Morgan fingerprint density at radius 2 is 2.05 bits per heavy atom. The van der Waals surface area contributed by atoms with Crippen LogP contribution in [0.1, 0.15) is 20.8 Å². The molecule has 6 nitrogen and oxygen atoms in total. The molecule has 19 heavy (non-hydrogen) atoms. The molecule has 2 N–H and O–H groups in total. The zero-order chi connectivity index (χ0) is 14.3. The molecule has 0 fully saturated rings. The molecule has 0 unspecified atom stereocenters. The summed E-state index contributed by atoms with van der Waals surface area (Å²) in [7, 11) is 1.57. The van der Waals surface area contributed by atoms with E-state index in [1.165, 1.54) is 0 Å². The first-order valence-electron chi connectivity index (χ1n) is 6.12. The van der Waals surface area contributed by atoms with Crippen LogP contribution < -0.4 is 15.4 Å². The smallest absolute Gasteiger partial charge is 0.407 e. The lowest BCUT2D eigenvalue weighted by Crippen LogP contribution is -2.35. The molecular formula is C13H21N3O3. The first-order chi connectivity index (χ1) is 8.90. The maximum atomic E-state index is 11.4. The number of amides is 1. The molecule has 1 rings (SSSR count). The average Bonchev–Trinajstić information content (AvgIpc) is 2.33. The predicted molar refractivity (Wildman–Crippen MR) is 73.5 cm³/mol. The third kappa shape index (κ3) is 6.49. The van der Waals surface area contributed by atoms with Crippen LogP contribution in [0.2, 0.25) is 0 Å². The molecule has 0 aromatic carbocycles. The summed E-state index contributed by atoms with van der Waals surface area (Å²) in [5.41, 5.74) is -0.480. The van der Waals surface area contributed by atoms with Gasteiger partial charge in [0.15, 0.2) is 0 Å². The SMILES string of the molecule is COc1cccc(NCCNC(=O)OC(C)(C)C)n1. The van der Waals surface area contributed by atoms with Crippen LogP contribution in [0.4, 0.5) is 10.6 Å². The number of rotatable bonds is 5. The molecule has 0 bridgehead atoms. The molecular weight excluding hydrogens is 246 g/mol. The van der Waals surface area contributed by atoms with E-state index in [1.807, 2.05) is 32.9 Å². The second-order valence-electron chi connectivity index (χ2n) is 4.92. The molecule has 0 spiro atoms. The third-order valence-corrected chi connectivity index (χ3v) is 2.03. The van der Waals surface area contributed by atoms with Gasteiger partial charge < -0.3 is 20.1 Å². The van der Waals surface area contributed by atoms with Gasteiger partial charge in [0.05, 0.1) is 7.11 Å². The van der Waals surface area contributed by atoms with Gasteiger partial charge in [-0.1, -0.05) is 6.07 Å². The van der Waals surface area contributed by atoms with Crippen LogP contribution in [-0.2, 0) is 4.74 Å². The number of nitrogens with zero attached hydrogens (tertiary/aromatic N) is 1. The molecule has 0 aliphatic rings. The lowest BCUT2D eigenvalue weighted by molar-refractivity contribution is 0.0530. The summed E-state index contributed by atoms with van der Waals surface area (Å²) in [6, 6.07) is 5.44. The van der Waals surface area contributed by atoms with Crippen molar-refractivity contribution in [1.82, 2.24) is 10.3 Å². The van der Waals surface area contributed by atoms with E-state index in [9.17, 15) is 4.79 Å². The van der Waals surface area contributed by atoms with E-state index in [0.29, 0.717) is 24.8 Å². The molecule has 0 aliphatic heterocycles. The minimum atomic E-state index is -0.480. The Hall–Kier alpha value is -1.98. The van der Waals surface area contributed by atoms with E-state index in [-0.39, 0.29) is 0 Å². The number of pyridine rings is 1. The average molecular weight is 267 g/mol. The van der Waals surface area contributed by atoms with Crippen LogP contribution in [0.5, 0.6) is 5.88 Å². The van der Waals surface area contributed by atoms with Crippen molar-refractivity contribution in [1.29, 1.82) is 0 Å². The number of methoxy groups -OCH3 is 1. The molecule has 0 aliphatic carbocycles. The Bertz CT molecular complexity index is 416. The van der Waals surface area contributed by atoms with Crippen LogP contribution in [0.25, 0.3) is 0 Å². The summed E-state index contributed by atoms with van der Waals surface area (Å²) in [6.45, 7) is 6.48. The lowest BCUT2D eigenvalue weighted by atomic mass is 10.2. The topological polar surface area (TPSA) is 72.5 Å². The number of alkyl carbamates (subject to hydrolysis) is 1. The van der Waals surface area contributed by atoms with Crippen LogP contribution in [-0.4, -0.2) is 36.9 Å². The summed E-state index contributed by atoms with van der Waals surface area (Å²) in [5.74, 6) is 1.25. The Balaban J connectivity index is 2.25. The van der Waals surface area contributed by atoms with Gasteiger partial charge in [0, 0.05) is 19.2 Å². The fourth-order valence-corrected chi connectivity index (χ4v) is 1.30. The van der Waals surface area contributed by atoms with Crippen LogP contribution in [0.15, 0.2) is 18.2 Å². The van der Waals surface area contributed by atoms with E-state index in [1.54, 1.807) is 13.2 Å². The van der Waals surface area contributed by atoms with Crippen LogP contribution >= 0.6 is 0 Å². The van der Waals surface area contributed by atoms with Gasteiger partial charge in [0.1, 0.15) is 11.4 Å². The number of ether oxygens (including phenoxy) is 2. The van der Waals surface area contributed by atoms with Crippen molar-refractivity contribution in [2.24, 2.45) is 0 Å². The highest BCUT2D eigenvalue weighted by Crippen LogP contribution is 2.10. The van der Waals surface area contributed by atoms with Gasteiger partial charge in [-0.2, -0.15) is 4.98 Å². The lowest BCUT2D eigenvalue weighted by Gasteiger charge is -2.19. The first kappa shape index (κ1) is 15.1. The van der Waals surface area contributed by atoms with Crippen molar-refractivity contribution in [2.45, 2.75) is 26.4 Å². The quantitative estimate of drug-likeness (QED) is 0.799. The second kappa shape index (κ2) is 6.82. The molecule has 0 atom stereocenters. The summed E-state index contributed by atoms with van der Waals surface area (Å²) in [4.78, 5) is 15.6. The van der Waals surface area contributed by atoms with Gasteiger partial charge in [0.25, 0.3) is 0 Å². The molecule has 0 radical (unpaired) electrons. The molecule has 1 amide bonds. The standard InChI is InChI=1S/C13H21N3O3/c1-13(2,3)19-12(17)15-9-8-14-10-6-5-7-11(16-10)18-4/h5-7H,8-9H2,1-4H3,(H,14,16)(H,15,17). The molecule has 0 saturated carbocycles. The van der Waals surface area contributed by atoms with Gasteiger partial charge in [-0.05, 0) is 26.8 Å². The minimum absolute atomic E-state index is 0.423. The van der Waals surface area contributed by atoms with Crippen molar-refractivity contribution < 1.29 is 14.3 Å². The number of hydrogen-bond acceptors (Lipinski definition) is 5. The van der Waals surface area contributed by atoms with Crippen molar-refractivity contribution >= 4 is 11.9 Å². The molecule has 1 aromatic rings. The van der Waals surface area contributed by atoms with Crippen LogP contribution in [0, 0.1) is 0 Å². The van der Waals surface area contributed by atoms with Crippen molar-refractivity contribution in [2.75, 3.05) is 25.5 Å². The monoisotopic (exact) mass is 267 g/mol. The molecule has 6 heteroatoms. The number of carbonyl (C=O) groups excluding carboxylic acids is 1. The van der Waals surface area contributed by atoms with E-state index in [2.05, 4.69) is 15.6 Å². The zero-order valence-corrected chi connectivity index (χ0v) is 11.8. The highest BCUT2D eigenvalue weighted by atomic mass is 16.6. The Kier molecular flexibility index (Phi) is 5.41. The number of nitrogens with one attached hydrogen (secondary N) is 2. The fraction of sp³-hybridized carbons (Fsp3) is 0.538. The maximum absolute atomic E-state index is 11.4.